The van der Waals surface area contributed by atoms with Gasteiger partial charge in [-0.05, 0) is 6.07 Å². The van der Waals surface area contributed by atoms with E-state index in [2.05, 4.69) is 11.0 Å². The molecule has 1 fully saturated rings. The van der Waals surface area contributed by atoms with Crippen molar-refractivity contribution in [3.05, 3.63) is 29.8 Å². The first-order chi connectivity index (χ1) is 8.70. The van der Waals surface area contributed by atoms with Crippen LogP contribution < -0.4 is 10.5 Å². The van der Waals surface area contributed by atoms with Crippen molar-refractivity contribution in [2.24, 2.45) is 5.73 Å². The molecule has 0 aromatic heterocycles. The first-order valence-electron chi connectivity index (χ1n) is 5.96. The molecule has 0 aliphatic carbocycles. The molecule has 2 rings (SSSR count). The van der Waals surface area contributed by atoms with Crippen LogP contribution in [0.15, 0.2) is 24.3 Å². The molecule has 0 spiro atoms. The quantitative estimate of drug-likeness (QED) is 0.829. The van der Waals surface area contributed by atoms with Crippen LogP contribution in [0.5, 0.6) is 5.75 Å². The molecule has 0 amide bonds. The van der Waals surface area contributed by atoms with E-state index in [0.29, 0.717) is 11.6 Å². The smallest absolute Gasteiger partial charge is 0.123 e. The molecule has 1 heterocycles. The zero-order chi connectivity index (χ0) is 13.0. The summed E-state index contributed by atoms with van der Waals surface area (Å²) in [5, 5.41) is 0. The maximum atomic E-state index is 5.63. The second kappa shape index (κ2) is 6.13. The lowest BCUT2D eigenvalue weighted by atomic mass is 10.1. The molecular formula is C13H18N2O2S. The molecule has 1 unspecified atom stereocenters. The second-order valence-corrected chi connectivity index (χ2v) is 4.78. The minimum atomic E-state index is -0.136. The van der Waals surface area contributed by atoms with Crippen LogP contribution in [0, 0.1) is 0 Å². The average Bonchev–Trinajstić information content (AvgIpc) is 2.39. The van der Waals surface area contributed by atoms with Gasteiger partial charge in [-0.2, -0.15) is 0 Å². The predicted molar refractivity (Wildman–Crippen MR) is 74.8 cm³/mol. The lowest BCUT2D eigenvalue weighted by Crippen LogP contribution is -2.47. The predicted octanol–water partition coefficient (Wildman–Crippen LogP) is 1.18. The largest absolute Gasteiger partial charge is 0.496 e. The normalized spacial score (nSPS) is 20.6. The average molecular weight is 266 g/mol. The van der Waals surface area contributed by atoms with E-state index in [4.69, 9.17) is 27.4 Å². The summed E-state index contributed by atoms with van der Waals surface area (Å²) in [6.45, 7) is 3.12. The van der Waals surface area contributed by atoms with Crippen molar-refractivity contribution in [1.29, 1.82) is 0 Å². The lowest BCUT2D eigenvalue weighted by molar-refractivity contribution is 0.00367. The van der Waals surface area contributed by atoms with Gasteiger partial charge >= 0.3 is 0 Å². The zero-order valence-corrected chi connectivity index (χ0v) is 11.3. The molecule has 4 nitrogen and oxygen atoms in total. The highest BCUT2D eigenvalue weighted by atomic mass is 32.1. The molecule has 1 aromatic rings. The molecule has 1 aromatic carbocycles. The van der Waals surface area contributed by atoms with Crippen molar-refractivity contribution in [3.63, 3.8) is 0 Å². The van der Waals surface area contributed by atoms with Gasteiger partial charge in [-0.25, -0.2) is 0 Å². The Hall–Kier alpha value is -1.17. The van der Waals surface area contributed by atoms with Gasteiger partial charge in [0.2, 0.25) is 0 Å². The number of nitrogens with zero attached hydrogens (tertiary/aromatic N) is 1. The summed E-state index contributed by atoms with van der Waals surface area (Å²) in [5.74, 6) is 0.913. The van der Waals surface area contributed by atoms with Gasteiger partial charge in [0, 0.05) is 25.2 Å². The molecule has 1 saturated heterocycles. The number of morpholine rings is 1. The van der Waals surface area contributed by atoms with Crippen LogP contribution in [0.3, 0.4) is 0 Å². The number of hydrogen-bond donors (Lipinski definition) is 1. The van der Waals surface area contributed by atoms with Gasteiger partial charge in [0.25, 0.3) is 0 Å². The van der Waals surface area contributed by atoms with Crippen LogP contribution in [-0.4, -0.2) is 42.8 Å². The number of methoxy groups -OCH3 is 1. The Morgan fingerprint density at radius 1 is 1.56 bits per heavy atom. The van der Waals surface area contributed by atoms with Gasteiger partial charge < -0.3 is 15.2 Å². The van der Waals surface area contributed by atoms with E-state index in [1.165, 1.54) is 5.56 Å². The van der Waals surface area contributed by atoms with E-state index < -0.39 is 0 Å². The Balaban J connectivity index is 2.02. The van der Waals surface area contributed by atoms with Crippen LogP contribution >= 0.6 is 12.2 Å². The zero-order valence-electron chi connectivity index (χ0n) is 10.5. The highest BCUT2D eigenvalue weighted by Crippen LogP contribution is 2.20. The van der Waals surface area contributed by atoms with Gasteiger partial charge in [0.05, 0.1) is 13.7 Å². The van der Waals surface area contributed by atoms with Gasteiger partial charge in [-0.3, -0.25) is 4.90 Å². The molecule has 0 bridgehead atoms. The topological polar surface area (TPSA) is 47.7 Å². The van der Waals surface area contributed by atoms with Gasteiger partial charge in [0.15, 0.2) is 0 Å². The van der Waals surface area contributed by atoms with Gasteiger partial charge in [0.1, 0.15) is 16.8 Å². The molecule has 2 N–H and O–H groups in total. The molecular weight excluding hydrogens is 248 g/mol. The van der Waals surface area contributed by atoms with E-state index in [9.17, 15) is 0 Å². The number of para-hydroxylation sites is 1. The molecule has 1 atom stereocenters. The third kappa shape index (κ3) is 3.19. The first kappa shape index (κ1) is 13.3. The van der Waals surface area contributed by atoms with Crippen molar-refractivity contribution < 1.29 is 9.47 Å². The number of rotatable bonds is 4. The van der Waals surface area contributed by atoms with Crippen LogP contribution in [0.1, 0.15) is 5.56 Å². The fourth-order valence-electron chi connectivity index (χ4n) is 2.09. The summed E-state index contributed by atoms with van der Waals surface area (Å²) in [6, 6.07) is 8.04. The fourth-order valence-corrected chi connectivity index (χ4v) is 2.24. The Morgan fingerprint density at radius 3 is 3.06 bits per heavy atom. The molecule has 0 radical (unpaired) electrons. The Kier molecular flexibility index (Phi) is 4.52. The number of ether oxygens (including phenoxy) is 2. The van der Waals surface area contributed by atoms with Crippen LogP contribution in [0.2, 0.25) is 0 Å². The lowest BCUT2D eigenvalue weighted by Gasteiger charge is -2.32. The SMILES string of the molecule is COc1ccccc1CN1CCOC(C(N)=S)C1. The highest BCUT2D eigenvalue weighted by Gasteiger charge is 2.22. The summed E-state index contributed by atoms with van der Waals surface area (Å²) in [4.78, 5) is 2.71. The third-order valence-electron chi connectivity index (χ3n) is 3.05. The van der Waals surface area contributed by atoms with Crippen LogP contribution in [0.25, 0.3) is 0 Å². The summed E-state index contributed by atoms with van der Waals surface area (Å²) in [6.07, 6.45) is -0.136. The van der Waals surface area contributed by atoms with Gasteiger partial charge in [-0.15, -0.1) is 0 Å². The second-order valence-electron chi connectivity index (χ2n) is 4.31. The number of benzene rings is 1. The molecule has 0 saturated carbocycles. The van der Waals surface area contributed by atoms with E-state index in [0.717, 1.165) is 25.4 Å². The number of nitrogens with two attached hydrogens (primary N) is 1. The molecule has 18 heavy (non-hydrogen) atoms. The van der Waals surface area contributed by atoms with Crippen molar-refractivity contribution in [1.82, 2.24) is 4.90 Å². The van der Waals surface area contributed by atoms with E-state index >= 15 is 0 Å². The standard InChI is InChI=1S/C13H18N2O2S/c1-16-11-5-3-2-4-10(11)8-15-6-7-17-12(9-15)13(14)18/h2-5,12H,6-9H2,1H3,(H2,14,18). The van der Waals surface area contributed by atoms with Gasteiger partial charge in [-0.1, -0.05) is 30.4 Å². The molecule has 1 aliphatic rings. The van der Waals surface area contributed by atoms with E-state index in [-0.39, 0.29) is 6.10 Å². The van der Waals surface area contributed by atoms with Crippen molar-refractivity contribution in [2.75, 3.05) is 26.8 Å². The van der Waals surface area contributed by atoms with Crippen molar-refractivity contribution in [3.8, 4) is 5.75 Å². The maximum absolute atomic E-state index is 5.63. The summed E-state index contributed by atoms with van der Waals surface area (Å²) in [7, 11) is 1.69. The number of thiocarbonyl (C=S) groups is 1. The van der Waals surface area contributed by atoms with Crippen LogP contribution in [0.4, 0.5) is 0 Å². The Morgan fingerprint density at radius 2 is 2.33 bits per heavy atom. The Labute approximate surface area is 113 Å². The minimum absolute atomic E-state index is 0.136. The third-order valence-corrected chi connectivity index (χ3v) is 3.32. The Bertz CT molecular complexity index is 425. The van der Waals surface area contributed by atoms with Crippen molar-refractivity contribution in [2.45, 2.75) is 12.6 Å². The minimum Gasteiger partial charge on any atom is -0.496 e. The fraction of sp³-hybridized carbons (Fsp3) is 0.462. The monoisotopic (exact) mass is 266 g/mol. The molecule has 5 heteroatoms. The summed E-state index contributed by atoms with van der Waals surface area (Å²) < 4.78 is 10.9. The highest BCUT2D eigenvalue weighted by molar-refractivity contribution is 7.80. The summed E-state index contributed by atoms with van der Waals surface area (Å²) >= 11 is 4.98. The summed E-state index contributed by atoms with van der Waals surface area (Å²) in [5.41, 5.74) is 6.80. The molecule has 1 aliphatic heterocycles. The van der Waals surface area contributed by atoms with Crippen LogP contribution in [-0.2, 0) is 11.3 Å². The van der Waals surface area contributed by atoms with E-state index in [1.54, 1.807) is 7.11 Å². The first-order valence-corrected chi connectivity index (χ1v) is 6.36. The maximum Gasteiger partial charge on any atom is 0.123 e. The molecule has 98 valence electrons. The number of hydrogen-bond acceptors (Lipinski definition) is 4. The van der Waals surface area contributed by atoms with E-state index in [1.807, 2.05) is 18.2 Å². The van der Waals surface area contributed by atoms with Crippen molar-refractivity contribution >= 4 is 17.2 Å².